The molecule has 0 amide bonds. The van der Waals surface area contributed by atoms with Crippen LogP contribution in [-0.2, 0) is 0 Å². The van der Waals surface area contributed by atoms with Crippen LogP contribution in [0.2, 0.25) is 0 Å². The molecule has 3 N–H and O–H groups in total. The number of carbonyl (C=O) groups is 1. The van der Waals surface area contributed by atoms with E-state index in [1.54, 1.807) is 11.8 Å². The van der Waals surface area contributed by atoms with Gasteiger partial charge in [0.25, 0.3) is 0 Å². The van der Waals surface area contributed by atoms with Gasteiger partial charge in [-0.25, -0.2) is 0 Å². The summed E-state index contributed by atoms with van der Waals surface area (Å²) in [7, 11) is 1.86. The van der Waals surface area contributed by atoms with Crippen LogP contribution in [-0.4, -0.2) is 19.1 Å². The number of hydrogen-bond acceptors (Lipinski definition) is 5. The number of thioether (sulfide) groups is 1. The van der Waals surface area contributed by atoms with Gasteiger partial charge in [-0.2, -0.15) is 0 Å². The Balaban J connectivity index is 2.38. The molecule has 1 heterocycles. The smallest absolute Gasteiger partial charge is 0.178 e. The summed E-state index contributed by atoms with van der Waals surface area (Å²) in [5.74, 6) is 0.472. The summed E-state index contributed by atoms with van der Waals surface area (Å²) in [5, 5.41) is 4.09. The zero-order chi connectivity index (χ0) is 11.0. The van der Waals surface area contributed by atoms with E-state index in [9.17, 15) is 4.79 Å². The second kappa shape index (κ2) is 4.06. The number of rotatable bonds is 4. The molecule has 82 valence electrons. The molecule has 1 aliphatic rings. The summed E-state index contributed by atoms with van der Waals surface area (Å²) < 4.78 is 0. The van der Waals surface area contributed by atoms with Crippen molar-refractivity contribution in [3.05, 3.63) is 4.88 Å². The molecule has 1 saturated carbocycles. The second-order valence-electron chi connectivity index (χ2n) is 3.60. The third-order valence-electron chi connectivity index (χ3n) is 2.50. The van der Waals surface area contributed by atoms with E-state index >= 15 is 0 Å². The van der Waals surface area contributed by atoms with Crippen molar-refractivity contribution < 1.29 is 4.79 Å². The molecule has 0 bridgehead atoms. The molecule has 5 heteroatoms. The first-order chi connectivity index (χ1) is 7.19. The molecule has 1 fully saturated rings. The number of ketones is 1. The first-order valence-corrected chi connectivity index (χ1v) is 6.91. The fraction of sp³-hybridized carbons (Fsp3) is 0.500. The number of carbonyl (C=O) groups excluding carboxylic acids is 1. The highest BCUT2D eigenvalue weighted by Crippen LogP contribution is 2.44. The van der Waals surface area contributed by atoms with E-state index < -0.39 is 0 Å². The van der Waals surface area contributed by atoms with Crippen LogP contribution in [0.4, 0.5) is 10.7 Å². The van der Waals surface area contributed by atoms with Crippen molar-refractivity contribution in [3.8, 4) is 0 Å². The lowest BCUT2D eigenvalue weighted by Gasteiger charge is -1.99. The highest BCUT2D eigenvalue weighted by Gasteiger charge is 2.33. The quantitative estimate of drug-likeness (QED) is 0.629. The minimum atomic E-state index is 0.231. The third kappa shape index (κ3) is 1.86. The fourth-order valence-corrected chi connectivity index (χ4v) is 3.55. The van der Waals surface area contributed by atoms with Crippen LogP contribution in [0.3, 0.4) is 0 Å². The van der Waals surface area contributed by atoms with Crippen molar-refractivity contribution in [2.45, 2.75) is 17.7 Å². The van der Waals surface area contributed by atoms with E-state index in [1.165, 1.54) is 11.3 Å². The number of Topliss-reactive ketones (excluding diaryl/α,β-unsaturated/α-hetero) is 1. The number of nitrogens with one attached hydrogen (secondary N) is 1. The molecular formula is C10H14N2OS2. The zero-order valence-electron chi connectivity index (χ0n) is 8.79. The molecular weight excluding hydrogens is 228 g/mol. The topological polar surface area (TPSA) is 55.1 Å². The molecule has 0 unspecified atom stereocenters. The van der Waals surface area contributed by atoms with Crippen LogP contribution in [0.25, 0.3) is 0 Å². The Morgan fingerprint density at radius 2 is 2.27 bits per heavy atom. The van der Waals surface area contributed by atoms with Crippen molar-refractivity contribution in [1.82, 2.24) is 0 Å². The molecule has 0 atom stereocenters. The highest BCUT2D eigenvalue weighted by molar-refractivity contribution is 7.99. The predicted octanol–water partition coefficient (Wildman–Crippen LogP) is 2.69. The van der Waals surface area contributed by atoms with Gasteiger partial charge in [0.15, 0.2) is 5.78 Å². The molecule has 0 saturated heterocycles. The maximum Gasteiger partial charge on any atom is 0.178 e. The maximum atomic E-state index is 11.9. The third-order valence-corrected chi connectivity index (χ3v) is 4.70. The Labute approximate surface area is 97.4 Å². The number of anilines is 2. The Hall–Kier alpha value is -0.680. The number of thiophene rings is 1. The summed E-state index contributed by atoms with van der Waals surface area (Å²) in [6, 6.07) is 0. The summed E-state index contributed by atoms with van der Waals surface area (Å²) in [4.78, 5) is 13.7. The first-order valence-electron chi connectivity index (χ1n) is 4.87. The predicted molar refractivity (Wildman–Crippen MR) is 67.1 cm³/mol. The van der Waals surface area contributed by atoms with Crippen LogP contribution in [0.1, 0.15) is 22.5 Å². The van der Waals surface area contributed by atoms with Gasteiger partial charge >= 0.3 is 0 Å². The van der Waals surface area contributed by atoms with Crippen molar-refractivity contribution in [2.24, 2.45) is 5.92 Å². The Kier molecular flexibility index (Phi) is 2.93. The van der Waals surface area contributed by atoms with Crippen LogP contribution in [0, 0.1) is 5.92 Å². The van der Waals surface area contributed by atoms with E-state index in [2.05, 4.69) is 5.32 Å². The Morgan fingerprint density at radius 1 is 1.60 bits per heavy atom. The molecule has 15 heavy (non-hydrogen) atoms. The van der Waals surface area contributed by atoms with E-state index in [1.807, 2.05) is 13.3 Å². The van der Waals surface area contributed by atoms with Crippen LogP contribution in [0.5, 0.6) is 0 Å². The maximum absolute atomic E-state index is 11.9. The van der Waals surface area contributed by atoms with Gasteiger partial charge < -0.3 is 11.1 Å². The summed E-state index contributed by atoms with van der Waals surface area (Å²) in [6.07, 6.45) is 4.03. The lowest BCUT2D eigenvalue weighted by molar-refractivity contribution is 0.0972. The van der Waals surface area contributed by atoms with E-state index in [0.29, 0.717) is 5.69 Å². The molecule has 0 aromatic carbocycles. The summed E-state index contributed by atoms with van der Waals surface area (Å²) >= 11 is 3.07. The Bertz CT molecular complexity index is 396. The van der Waals surface area contributed by atoms with Crippen LogP contribution >= 0.6 is 23.1 Å². The molecule has 2 rings (SSSR count). The molecule has 1 aromatic rings. The SMILES string of the molecule is CNc1sc(C(=O)C2CC2)c(N)c1SC. The van der Waals surface area contributed by atoms with Gasteiger partial charge in [-0.1, -0.05) is 0 Å². The highest BCUT2D eigenvalue weighted by atomic mass is 32.2. The van der Waals surface area contributed by atoms with Crippen molar-refractivity contribution in [3.63, 3.8) is 0 Å². The summed E-state index contributed by atoms with van der Waals surface area (Å²) in [5.41, 5.74) is 6.65. The minimum absolute atomic E-state index is 0.231. The number of nitrogens with two attached hydrogens (primary N) is 1. The van der Waals surface area contributed by atoms with Crippen LogP contribution in [0.15, 0.2) is 4.90 Å². The number of hydrogen-bond donors (Lipinski definition) is 2. The largest absolute Gasteiger partial charge is 0.396 e. The minimum Gasteiger partial charge on any atom is -0.396 e. The molecule has 1 aromatic heterocycles. The fourth-order valence-electron chi connectivity index (χ4n) is 1.51. The molecule has 0 spiro atoms. The van der Waals surface area contributed by atoms with Crippen molar-refractivity contribution >= 4 is 39.6 Å². The normalized spacial score (nSPS) is 15.3. The lowest BCUT2D eigenvalue weighted by atomic mass is 10.2. The zero-order valence-corrected chi connectivity index (χ0v) is 10.4. The van der Waals surface area contributed by atoms with E-state index in [0.717, 1.165) is 27.6 Å². The molecule has 3 nitrogen and oxygen atoms in total. The van der Waals surface area contributed by atoms with Gasteiger partial charge in [0, 0.05) is 13.0 Å². The Morgan fingerprint density at radius 3 is 2.67 bits per heavy atom. The van der Waals surface area contributed by atoms with Crippen molar-refractivity contribution in [2.75, 3.05) is 24.4 Å². The van der Waals surface area contributed by atoms with Crippen LogP contribution < -0.4 is 11.1 Å². The van der Waals surface area contributed by atoms with Crippen molar-refractivity contribution in [1.29, 1.82) is 0 Å². The second-order valence-corrected chi connectivity index (χ2v) is 5.43. The van der Waals surface area contributed by atoms with Gasteiger partial charge in [0.2, 0.25) is 0 Å². The molecule has 0 radical (unpaired) electrons. The van der Waals surface area contributed by atoms with Gasteiger partial charge in [0.05, 0.1) is 15.5 Å². The van der Waals surface area contributed by atoms with Gasteiger partial charge in [0.1, 0.15) is 5.00 Å². The molecule has 0 aliphatic heterocycles. The average molecular weight is 242 g/mol. The average Bonchev–Trinajstić information content (AvgIpc) is 3.02. The molecule has 1 aliphatic carbocycles. The lowest BCUT2D eigenvalue weighted by Crippen LogP contribution is -2.02. The first kappa shape index (κ1) is 10.8. The monoisotopic (exact) mass is 242 g/mol. The van der Waals surface area contributed by atoms with E-state index in [4.69, 9.17) is 5.73 Å². The van der Waals surface area contributed by atoms with Gasteiger partial charge in [-0.05, 0) is 19.1 Å². The number of nitrogen functional groups attached to an aromatic ring is 1. The van der Waals surface area contributed by atoms with Gasteiger partial charge in [-0.3, -0.25) is 4.79 Å². The van der Waals surface area contributed by atoms with Gasteiger partial charge in [-0.15, -0.1) is 23.1 Å². The van der Waals surface area contributed by atoms with E-state index in [-0.39, 0.29) is 11.7 Å². The standard InChI is InChI=1S/C10H14N2OS2/c1-12-10-9(14-2)6(11)8(15-10)7(13)5-3-4-5/h5,12H,3-4,11H2,1-2H3. The summed E-state index contributed by atoms with van der Waals surface area (Å²) in [6.45, 7) is 0.